The number of hydrogen-bond donors (Lipinski definition) is 1. The zero-order valence-electron chi connectivity index (χ0n) is 12.7. The molecule has 1 aliphatic carbocycles. The number of nitrogens with zero attached hydrogens (tertiary/aromatic N) is 2. The van der Waals surface area contributed by atoms with E-state index in [9.17, 15) is 0 Å². The van der Waals surface area contributed by atoms with Gasteiger partial charge in [-0.25, -0.2) is 9.97 Å². The van der Waals surface area contributed by atoms with E-state index in [1.807, 2.05) is 0 Å². The van der Waals surface area contributed by atoms with Crippen LogP contribution < -0.4 is 5.32 Å². The van der Waals surface area contributed by atoms with Crippen molar-refractivity contribution < 1.29 is 0 Å². The van der Waals surface area contributed by atoms with Crippen molar-refractivity contribution in [3.05, 3.63) is 17.6 Å². The lowest BCUT2D eigenvalue weighted by molar-refractivity contribution is 0.578. The van der Waals surface area contributed by atoms with Gasteiger partial charge in [-0.15, -0.1) is 0 Å². The minimum atomic E-state index is 0.569. The highest BCUT2D eigenvalue weighted by Gasteiger charge is 2.25. The molecule has 2 rings (SSSR count). The second kappa shape index (κ2) is 6.36. The van der Waals surface area contributed by atoms with E-state index in [2.05, 4.69) is 39.1 Å². The Morgan fingerprint density at radius 1 is 1.32 bits per heavy atom. The first kappa shape index (κ1) is 14.3. The van der Waals surface area contributed by atoms with E-state index in [-0.39, 0.29) is 0 Å². The fourth-order valence-corrected chi connectivity index (χ4v) is 2.94. The van der Waals surface area contributed by atoms with E-state index in [1.54, 1.807) is 0 Å². The van der Waals surface area contributed by atoms with Crippen LogP contribution in [0.1, 0.15) is 64.4 Å². The number of rotatable bonds is 5. The van der Waals surface area contributed by atoms with E-state index in [0.29, 0.717) is 11.8 Å². The minimum absolute atomic E-state index is 0.569. The molecular weight excluding hydrogens is 234 g/mol. The molecule has 3 heteroatoms. The first-order chi connectivity index (χ1) is 9.08. The summed E-state index contributed by atoms with van der Waals surface area (Å²) < 4.78 is 0. The van der Waals surface area contributed by atoms with Gasteiger partial charge in [0.25, 0.3) is 0 Å². The molecule has 19 heavy (non-hydrogen) atoms. The van der Waals surface area contributed by atoms with Crippen molar-refractivity contribution in [2.45, 2.75) is 59.3 Å². The van der Waals surface area contributed by atoms with Crippen LogP contribution in [0.15, 0.2) is 6.07 Å². The van der Waals surface area contributed by atoms with Crippen LogP contribution in [0.25, 0.3) is 0 Å². The molecule has 1 aliphatic rings. The van der Waals surface area contributed by atoms with Crippen LogP contribution in [0.5, 0.6) is 0 Å². The summed E-state index contributed by atoms with van der Waals surface area (Å²) in [4.78, 5) is 9.55. The Bertz CT molecular complexity index is 414. The van der Waals surface area contributed by atoms with Gasteiger partial charge < -0.3 is 5.32 Å². The van der Waals surface area contributed by atoms with Crippen LogP contribution in [-0.4, -0.2) is 16.5 Å². The van der Waals surface area contributed by atoms with Crippen molar-refractivity contribution in [2.75, 3.05) is 11.9 Å². The van der Waals surface area contributed by atoms with E-state index in [1.165, 1.54) is 25.0 Å². The van der Waals surface area contributed by atoms with E-state index >= 15 is 0 Å². The highest BCUT2D eigenvalue weighted by Crippen LogP contribution is 2.36. The first-order valence-corrected chi connectivity index (χ1v) is 7.70. The van der Waals surface area contributed by atoms with Crippen molar-refractivity contribution in [3.63, 3.8) is 0 Å². The molecule has 1 N–H and O–H groups in total. The highest BCUT2D eigenvalue weighted by atomic mass is 15.0. The number of aromatic nitrogens is 2. The zero-order chi connectivity index (χ0) is 13.8. The molecule has 0 amide bonds. The van der Waals surface area contributed by atoms with Gasteiger partial charge in [-0.1, -0.05) is 20.8 Å². The molecule has 0 spiro atoms. The highest BCUT2D eigenvalue weighted by molar-refractivity contribution is 5.36. The molecule has 106 valence electrons. The smallest absolute Gasteiger partial charge is 0.134 e. The summed E-state index contributed by atoms with van der Waals surface area (Å²) in [6, 6.07) is 2.12. The van der Waals surface area contributed by atoms with Crippen molar-refractivity contribution in [1.29, 1.82) is 0 Å². The Morgan fingerprint density at radius 3 is 2.68 bits per heavy atom. The lowest BCUT2D eigenvalue weighted by Crippen LogP contribution is -2.10. The van der Waals surface area contributed by atoms with Gasteiger partial charge in [-0.2, -0.15) is 0 Å². The predicted octanol–water partition coefficient (Wildman–Crippen LogP) is 4.01. The summed E-state index contributed by atoms with van der Waals surface area (Å²) in [6.07, 6.45) is 4.85. The molecule has 1 fully saturated rings. The summed E-state index contributed by atoms with van der Waals surface area (Å²) in [6.45, 7) is 9.85. The monoisotopic (exact) mass is 261 g/mol. The van der Waals surface area contributed by atoms with Crippen LogP contribution in [0.3, 0.4) is 0 Å². The third-order valence-electron chi connectivity index (χ3n) is 3.83. The third-order valence-corrected chi connectivity index (χ3v) is 3.83. The maximum absolute atomic E-state index is 4.82. The van der Waals surface area contributed by atoms with Gasteiger partial charge in [-0.05, 0) is 44.4 Å². The average Bonchev–Trinajstić information content (AvgIpc) is 2.75. The van der Waals surface area contributed by atoms with E-state index in [0.717, 1.165) is 30.5 Å². The van der Waals surface area contributed by atoms with Gasteiger partial charge in [-0.3, -0.25) is 0 Å². The zero-order valence-corrected chi connectivity index (χ0v) is 12.7. The van der Waals surface area contributed by atoms with E-state index in [4.69, 9.17) is 9.97 Å². The van der Waals surface area contributed by atoms with Crippen molar-refractivity contribution >= 4 is 5.82 Å². The standard InChI is InChI=1S/C16H27N3/c1-5-17-15-10-14(8-11(2)3)18-16(19-15)13-7-6-12(4)9-13/h10-13H,5-9H2,1-4H3,(H,17,18,19). The maximum atomic E-state index is 4.82. The lowest BCUT2D eigenvalue weighted by atomic mass is 10.0. The van der Waals surface area contributed by atoms with Crippen molar-refractivity contribution in [1.82, 2.24) is 9.97 Å². The van der Waals surface area contributed by atoms with Crippen LogP contribution in [0.4, 0.5) is 5.82 Å². The molecule has 0 aromatic carbocycles. The molecule has 0 aliphatic heterocycles. The quantitative estimate of drug-likeness (QED) is 0.870. The predicted molar refractivity (Wildman–Crippen MR) is 80.5 cm³/mol. The minimum Gasteiger partial charge on any atom is -0.370 e. The Kier molecular flexibility index (Phi) is 4.78. The Labute approximate surface area is 117 Å². The topological polar surface area (TPSA) is 37.8 Å². The van der Waals surface area contributed by atoms with Gasteiger partial charge in [0.15, 0.2) is 0 Å². The van der Waals surface area contributed by atoms with Crippen LogP contribution in [0, 0.1) is 11.8 Å². The Balaban J connectivity index is 2.23. The molecule has 1 aromatic rings. The molecule has 1 aromatic heterocycles. The van der Waals surface area contributed by atoms with Gasteiger partial charge in [0.2, 0.25) is 0 Å². The average molecular weight is 261 g/mol. The Morgan fingerprint density at radius 2 is 2.11 bits per heavy atom. The molecule has 3 nitrogen and oxygen atoms in total. The summed E-state index contributed by atoms with van der Waals surface area (Å²) in [5, 5.41) is 3.35. The summed E-state index contributed by atoms with van der Waals surface area (Å²) in [7, 11) is 0. The summed E-state index contributed by atoms with van der Waals surface area (Å²) in [5.41, 5.74) is 1.19. The van der Waals surface area contributed by atoms with Gasteiger partial charge >= 0.3 is 0 Å². The van der Waals surface area contributed by atoms with Crippen LogP contribution >= 0.6 is 0 Å². The largest absolute Gasteiger partial charge is 0.370 e. The van der Waals surface area contributed by atoms with Gasteiger partial charge in [0.1, 0.15) is 11.6 Å². The molecular formula is C16H27N3. The number of hydrogen-bond acceptors (Lipinski definition) is 3. The second-order valence-electron chi connectivity index (χ2n) is 6.35. The number of nitrogens with one attached hydrogen (secondary N) is 1. The normalized spacial score (nSPS) is 23.0. The fraction of sp³-hybridized carbons (Fsp3) is 0.750. The van der Waals surface area contributed by atoms with Crippen LogP contribution in [-0.2, 0) is 6.42 Å². The molecule has 2 unspecified atom stereocenters. The van der Waals surface area contributed by atoms with Crippen molar-refractivity contribution in [2.24, 2.45) is 11.8 Å². The third kappa shape index (κ3) is 3.92. The van der Waals surface area contributed by atoms with Crippen molar-refractivity contribution in [3.8, 4) is 0 Å². The number of anilines is 1. The van der Waals surface area contributed by atoms with Crippen LogP contribution in [0.2, 0.25) is 0 Å². The summed E-state index contributed by atoms with van der Waals surface area (Å²) in [5.74, 6) is 4.10. The first-order valence-electron chi connectivity index (χ1n) is 7.70. The summed E-state index contributed by atoms with van der Waals surface area (Å²) >= 11 is 0. The van der Waals surface area contributed by atoms with E-state index < -0.39 is 0 Å². The molecule has 2 atom stereocenters. The van der Waals surface area contributed by atoms with Gasteiger partial charge in [0, 0.05) is 24.2 Å². The molecule has 0 radical (unpaired) electrons. The fourth-order valence-electron chi connectivity index (χ4n) is 2.94. The molecule has 0 bridgehead atoms. The lowest BCUT2D eigenvalue weighted by Gasteiger charge is -2.14. The Hall–Kier alpha value is -1.12. The van der Waals surface area contributed by atoms with Gasteiger partial charge in [0.05, 0.1) is 0 Å². The SMILES string of the molecule is CCNc1cc(CC(C)C)nc(C2CCC(C)C2)n1. The molecule has 1 saturated carbocycles. The second-order valence-corrected chi connectivity index (χ2v) is 6.35. The molecule has 1 heterocycles. The maximum Gasteiger partial charge on any atom is 0.134 e. The molecule has 0 saturated heterocycles.